The zero-order chi connectivity index (χ0) is 21.8. The fourth-order valence-electron chi connectivity index (χ4n) is 4.07. The van der Waals surface area contributed by atoms with Gasteiger partial charge in [-0.05, 0) is 42.0 Å². The number of nitrogens with one attached hydrogen (secondary N) is 1. The lowest BCUT2D eigenvalue weighted by Gasteiger charge is -2.36. The molecule has 4 aromatic rings. The lowest BCUT2D eigenvalue weighted by Crippen LogP contribution is -2.47. The van der Waals surface area contributed by atoms with Gasteiger partial charge in [-0.2, -0.15) is 4.98 Å². The van der Waals surface area contributed by atoms with Gasteiger partial charge in [-0.25, -0.2) is 4.98 Å². The van der Waals surface area contributed by atoms with Crippen molar-refractivity contribution in [3.8, 4) is 5.75 Å². The van der Waals surface area contributed by atoms with Crippen LogP contribution in [0.4, 0.5) is 17.5 Å². The highest BCUT2D eigenvalue weighted by Crippen LogP contribution is 2.25. The van der Waals surface area contributed by atoms with Gasteiger partial charge in [0.1, 0.15) is 11.6 Å². The van der Waals surface area contributed by atoms with Crippen molar-refractivity contribution in [2.75, 3.05) is 48.4 Å². The van der Waals surface area contributed by atoms with Crippen LogP contribution in [0.1, 0.15) is 5.56 Å². The Bertz CT molecular complexity index is 1170. The Morgan fingerprint density at radius 2 is 1.47 bits per heavy atom. The van der Waals surface area contributed by atoms with Crippen molar-refractivity contribution < 1.29 is 4.74 Å². The fourth-order valence-corrected chi connectivity index (χ4v) is 4.07. The summed E-state index contributed by atoms with van der Waals surface area (Å²) in [5.41, 5.74) is 3.40. The molecule has 1 fully saturated rings. The molecule has 5 rings (SSSR count). The third-order valence-electron chi connectivity index (χ3n) is 5.89. The van der Waals surface area contributed by atoms with E-state index in [2.05, 4.69) is 69.7 Å². The van der Waals surface area contributed by atoms with Gasteiger partial charge in [0.05, 0.1) is 12.6 Å². The monoisotopic (exact) mass is 425 g/mol. The molecule has 1 saturated heterocycles. The molecule has 1 aromatic heterocycles. The second-order valence-corrected chi connectivity index (χ2v) is 7.90. The van der Waals surface area contributed by atoms with Gasteiger partial charge in [0.25, 0.3) is 0 Å². The predicted octanol–water partition coefficient (Wildman–Crippen LogP) is 4.58. The Morgan fingerprint density at radius 1 is 0.781 bits per heavy atom. The maximum atomic E-state index is 5.26. The Labute approximate surface area is 188 Å². The van der Waals surface area contributed by atoms with Gasteiger partial charge in [-0.1, -0.05) is 42.5 Å². The van der Waals surface area contributed by atoms with Crippen molar-refractivity contribution in [1.82, 2.24) is 9.97 Å². The summed E-state index contributed by atoms with van der Waals surface area (Å²) in [4.78, 5) is 14.5. The summed E-state index contributed by atoms with van der Waals surface area (Å²) in [6.07, 6.45) is 0. The van der Waals surface area contributed by atoms with Crippen LogP contribution in [0.15, 0.2) is 78.9 Å². The van der Waals surface area contributed by atoms with Crippen LogP contribution in [0.2, 0.25) is 0 Å². The molecule has 0 bridgehead atoms. The van der Waals surface area contributed by atoms with E-state index in [1.807, 2.05) is 24.3 Å². The van der Waals surface area contributed by atoms with Gasteiger partial charge in [0.15, 0.2) is 0 Å². The number of nitrogens with zero attached hydrogens (tertiary/aromatic N) is 4. The van der Waals surface area contributed by atoms with Crippen molar-refractivity contribution in [3.05, 3.63) is 84.4 Å². The molecular weight excluding hydrogens is 398 g/mol. The van der Waals surface area contributed by atoms with Gasteiger partial charge in [0, 0.05) is 43.8 Å². The normalized spacial score (nSPS) is 13.9. The topological polar surface area (TPSA) is 53.5 Å². The molecular formula is C26H27N5O. The molecule has 6 heteroatoms. The van der Waals surface area contributed by atoms with Crippen molar-refractivity contribution in [2.24, 2.45) is 0 Å². The summed E-state index contributed by atoms with van der Waals surface area (Å²) in [5.74, 6) is 2.51. The standard InChI is InChI=1S/C26H27N5O/c1-32-22-13-11-20(12-14-22)19-27-25-23-9-5-6-10-24(23)28-26(29-25)31-17-15-30(16-18-31)21-7-3-2-4-8-21/h2-14H,15-19H2,1H3,(H,27,28,29). The largest absolute Gasteiger partial charge is 0.497 e. The Hall–Kier alpha value is -3.80. The van der Waals surface area contributed by atoms with Crippen molar-refractivity contribution in [1.29, 1.82) is 0 Å². The summed E-state index contributed by atoms with van der Waals surface area (Å²) in [5, 5.41) is 4.56. The molecule has 0 radical (unpaired) electrons. The van der Waals surface area contributed by atoms with Crippen LogP contribution in [-0.2, 0) is 6.54 Å². The number of aromatic nitrogens is 2. The number of para-hydroxylation sites is 2. The minimum absolute atomic E-state index is 0.687. The first-order valence-electron chi connectivity index (χ1n) is 11.0. The molecule has 162 valence electrons. The van der Waals surface area contributed by atoms with Crippen molar-refractivity contribution >= 4 is 28.4 Å². The maximum Gasteiger partial charge on any atom is 0.228 e. The highest BCUT2D eigenvalue weighted by Gasteiger charge is 2.20. The lowest BCUT2D eigenvalue weighted by atomic mass is 10.2. The Morgan fingerprint density at radius 3 is 2.22 bits per heavy atom. The van der Waals surface area contributed by atoms with Crippen LogP contribution >= 0.6 is 0 Å². The number of ether oxygens (including phenoxy) is 1. The number of piperazine rings is 1. The van der Waals surface area contributed by atoms with Gasteiger partial charge in [0.2, 0.25) is 5.95 Å². The average molecular weight is 426 g/mol. The number of hydrogen-bond donors (Lipinski definition) is 1. The quantitative estimate of drug-likeness (QED) is 0.488. The van der Waals surface area contributed by atoms with E-state index in [1.54, 1.807) is 7.11 Å². The number of methoxy groups -OCH3 is 1. The summed E-state index contributed by atoms with van der Waals surface area (Å²) in [6.45, 7) is 4.38. The van der Waals surface area contributed by atoms with E-state index >= 15 is 0 Å². The van der Waals surface area contributed by atoms with Crippen LogP contribution in [0.3, 0.4) is 0 Å². The summed E-state index contributed by atoms with van der Waals surface area (Å²) in [6, 6.07) is 26.9. The molecule has 0 saturated carbocycles. The molecule has 2 heterocycles. The van der Waals surface area contributed by atoms with E-state index in [-0.39, 0.29) is 0 Å². The van der Waals surface area contributed by atoms with Crippen molar-refractivity contribution in [2.45, 2.75) is 6.54 Å². The molecule has 1 aliphatic rings. The summed E-state index contributed by atoms with van der Waals surface area (Å²) >= 11 is 0. The Balaban J connectivity index is 1.35. The minimum atomic E-state index is 0.687. The van der Waals surface area contributed by atoms with Crippen LogP contribution < -0.4 is 19.9 Å². The second kappa shape index (κ2) is 9.14. The first kappa shape index (κ1) is 20.1. The number of benzene rings is 3. The summed E-state index contributed by atoms with van der Waals surface area (Å²) in [7, 11) is 1.68. The zero-order valence-corrected chi connectivity index (χ0v) is 18.2. The molecule has 0 unspecified atom stereocenters. The first-order valence-corrected chi connectivity index (χ1v) is 11.0. The highest BCUT2D eigenvalue weighted by molar-refractivity contribution is 5.90. The number of rotatable bonds is 6. The molecule has 1 N–H and O–H groups in total. The SMILES string of the molecule is COc1ccc(CNc2nc(N3CCN(c4ccccc4)CC3)nc3ccccc23)cc1. The number of fused-ring (bicyclic) bond motifs is 1. The zero-order valence-electron chi connectivity index (χ0n) is 18.2. The summed E-state index contributed by atoms with van der Waals surface area (Å²) < 4.78 is 5.26. The number of anilines is 3. The lowest BCUT2D eigenvalue weighted by molar-refractivity contribution is 0.414. The third-order valence-corrected chi connectivity index (χ3v) is 5.89. The molecule has 0 atom stereocenters. The van der Waals surface area contributed by atoms with E-state index in [1.165, 1.54) is 11.3 Å². The van der Waals surface area contributed by atoms with Crippen LogP contribution in [-0.4, -0.2) is 43.3 Å². The second-order valence-electron chi connectivity index (χ2n) is 7.90. The van der Waals surface area contributed by atoms with Gasteiger partial charge in [-0.3, -0.25) is 0 Å². The average Bonchev–Trinajstić information content (AvgIpc) is 2.88. The molecule has 32 heavy (non-hydrogen) atoms. The predicted molar refractivity (Wildman–Crippen MR) is 131 cm³/mol. The number of hydrogen-bond acceptors (Lipinski definition) is 6. The smallest absolute Gasteiger partial charge is 0.228 e. The first-order chi connectivity index (χ1) is 15.8. The van der Waals surface area contributed by atoms with Crippen LogP contribution in [0.5, 0.6) is 5.75 Å². The van der Waals surface area contributed by atoms with Gasteiger partial charge < -0.3 is 19.9 Å². The highest BCUT2D eigenvalue weighted by atomic mass is 16.5. The van der Waals surface area contributed by atoms with E-state index < -0.39 is 0 Å². The van der Waals surface area contributed by atoms with Crippen LogP contribution in [0, 0.1) is 0 Å². The third kappa shape index (κ3) is 4.30. The fraction of sp³-hybridized carbons (Fsp3) is 0.231. The van der Waals surface area contributed by atoms with E-state index in [4.69, 9.17) is 14.7 Å². The van der Waals surface area contributed by atoms with Gasteiger partial charge in [-0.15, -0.1) is 0 Å². The maximum absolute atomic E-state index is 5.26. The molecule has 3 aromatic carbocycles. The van der Waals surface area contributed by atoms with E-state index in [0.29, 0.717) is 6.54 Å². The van der Waals surface area contributed by atoms with E-state index in [0.717, 1.165) is 54.6 Å². The molecule has 0 spiro atoms. The minimum Gasteiger partial charge on any atom is -0.497 e. The Kier molecular flexibility index (Phi) is 5.75. The molecule has 0 amide bonds. The van der Waals surface area contributed by atoms with Gasteiger partial charge >= 0.3 is 0 Å². The molecule has 0 aliphatic carbocycles. The van der Waals surface area contributed by atoms with Crippen LogP contribution in [0.25, 0.3) is 10.9 Å². The molecule has 6 nitrogen and oxygen atoms in total. The van der Waals surface area contributed by atoms with Crippen molar-refractivity contribution in [3.63, 3.8) is 0 Å². The van der Waals surface area contributed by atoms with E-state index in [9.17, 15) is 0 Å². The molecule has 1 aliphatic heterocycles.